The van der Waals surface area contributed by atoms with E-state index >= 15 is 0 Å². The molecule has 0 amide bonds. The number of rotatable bonds is 1. The first-order valence-corrected chi connectivity index (χ1v) is 6.20. The first kappa shape index (κ1) is 11.1. The molecule has 0 saturated heterocycles. The van der Waals surface area contributed by atoms with Crippen molar-refractivity contribution in [3.8, 4) is 5.75 Å². The number of carbonyl (C=O) groups is 1. The fourth-order valence-corrected chi connectivity index (χ4v) is 2.62. The number of hydrogen-bond acceptors (Lipinski definition) is 4. The van der Waals surface area contributed by atoms with E-state index in [1.165, 1.54) is 18.2 Å². The summed E-state index contributed by atoms with van der Waals surface area (Å²) in [5, 5.41) is 8.38. The Labute approximate surface area is 92.5 Å². The van der Waals surface area contributed by atoms with Crippen LogP contribution < -0.4 is 0 Å². The second-order valence-corrected chi connectivity index (χ2v) is 5.47. The molecule has 0 bridgehead atoms. The zero-order valence-electron chi connectivity index (χ0n) is 8.25. The molecule has 86 valence electrons. The molecule has 0 aliphatic heterocycles. The van der Waals surface area contributed by atoms with Crippen LogP contribution in [0.1, 0.15) is 22.3 Å². The number of hydrogen-bond donors (Lipinski definition) is 2. The van der Waals surface area contributed by atoms with Gasteiger partial charge in [0, 0.05) is 17.5 Å². The molecule has 0 radical (unpaired) electrons. The molecule has 16 heavy (non-hydrogen) atoms. The summed E-state index contributed by atoms with van der Waals surface area (Å²) in [4.78, 5) is 11.6. The summed E-state index contributed by atoms with van der Waals surface area (Å²) in [6.45, 7) is 0. The minimum absolute atomic E-state index is 0.0351. The highest BCUT2D eigenvalue weighted by Gasteiger charge is 2.34. The molecule has 2 rings (SSSR count). The van der Waals surface area contributed by atoms with Crippen molar-refractivity contribution in [2.45, 2.75) is 18.1 Å². The topological polar surface area (TPSA) is 91.7 Å². The highest BCUT2D eigenvalue weighted by Crippen LogP contribution is 2.30. The van der Waals surface area contributed by atoms with Gasteiger partial charge in [-0.1, -0.05) is 12.1 Å². The minimum Gasteiger partial charge on any atom is -0.508 e. The second kappa shape index (κ2) is 3.57. The molecule has 1 unspecified atom stereocenters. The molecule has 1 aromatic rings. The molecule has 0 spiro atoms. The lowest BCUT2D eigenvalue weighted by molar-refractivity contribution is 0.0971. The van der Waals surface area contributed by atoms with Crippen LogP contribution in [0.25, 0.3) is 0 Å². The number of fused-ring (bicyclic) bond motifs is 1. The van der Waals surface area contributed by atoms with Gasteiger partial charge in [0.25, 0.3) is 10.1 Å². The van der Waals surface area contributed by atoms with Crippen molar-refractivity contribution in [1.82, 2.24) is 0 Å². The molecular formula is C10H10O5S. The Bertz CT molecular complexity index is 546. The van der Waals surface area contributed by atoms with Crippen molar-refractivity contribution in [3.63, 3.8) is 0 Å². The van der Waals surface area contributed by atoms with Crippen LogP contribution in [-0.2, 0) is 16.5 Å². The monoisotopic (exact) mass is 242 g/mol. The van der Waals surface area contributed by atoms with Gasteiger partial charge in [0.2, 0.25) is 0 Å². The van der Waals surface area contributed by atoms with Crippen LogP contribution in [-0.4, -0.2) is 29.1 Å². The zero-order valence-corrected chi connectivity index (χ0v) is 9.07. The molecule has 5 nitrogen and oxygen atoms in total. The van der Waals surface area contributed by atoms with E-state index in [1.807, 2.05) is 0 Å². The summed E-state index contributed by atoms with van der Waals surface area (Å²) in [7, 11) is -4.25. The number of ketones is 1. The Balaban J connectivity index is 2.51. The summed E-state index contributed by atoms with van der Waals surface area (Å²) < 4.78 is 30.9. The maximum Gasteiger partial charge on any atom is 0.268 e. The number of benzene rings is 1. The van der Waals surface area contributed by atoms with Crippen molar-refractivity contribution in [3.05, 3.63) is 29.3 Å². The van der Waals surface area contributed by atoms with Crippen molar-refractivity contribution in [2.75, 3.05) is 0 Å². The Hall–Kier alpha value is -1.40. The van der Waals surface area contributed by atoms with Gasteiger partial charge in [-0.25, -0.2) is 0 Å². The van der Waals surface area contributed by atoms with Crippen LogP contribution in [0.15, 0.2) is 18.2 Å². The lowest BCUT2D eigenvalue weighted by Crippen LogP contribution is -2.31. The van der Waals surface area contributed by atoms with Crippen molar-refractivity contribution >= 4 is 15.9 Å². The minimum atomic E-state index is -4.25. The van der Waals surface area contributed by atoms with Crippen molar-refractivity contribution in [1.29, 1.82) is 0 Å². The fourth-order valence-electron chi connectivity index (χ4n) is 1.88. The van der Waals surface area contributed by atoms with E-state index in [0.717, 1.165) is 0 Å². The number of carbonyl (C=O) groups excluding carboxylic acids is 1. The van der Waals surface area contributed by atoms with E-state index < -0.39 is 15.4 Å². The Morgan fingerprint density at radius 3 is 2.56 bits per heavy atom. The summed E-state index contributed by atoms with van der Waals surface area (Å²) >= 11 is 0. The number of aromatic hydroxyl groups is 1. The van der Waals surface area contributed by atoms with Gasteiger partial charge in [0.1, 0.15) is 5.75 Å². The van der Waals surface area contributed by atoms with Crippen LogP contribution >= 0.6 is 0 Å². The van der Waals surface area contributed by atoms with Gasteiger partial charge >= 0.3 is 0 Å². The fraction of sp³-hybridized carbons (Fsp3) is 0.300. The molecular weight excluding hydrogens is 232 g/mol. The van der Waals surface area contributed by atoms with Gasteiger partial charge in [-0.3, -0.25) is 9.35 Å². The van der Waals surface area contributed by atoms with Gasteiger partial charge in [0.05, 0.1) is 5.25 Å². The van der Waals surface area contributed by atoms with Crippen LogP contribution in [0.4, 0.5) is 0 Å². The highest BCUT2D eigenvalue weighted by atomic mass is 32.2. The standard InChI is InChI=1S/C10H10O5S/c11-9-3-1-2-7-8(9)4-6(5-10(7)12)16(13,14)15/h1-3,6,11H,4-5H2,(H,13,14,15). The summed E-state index contributed by atoms with van der Waals surface area (Å²) in [6.07, 6.45) is -0.276. The van der Waals surface area contributed by atoms with E-state index in [0.29, 0.717) is 11.1 Å². The van der Waals surface area contributed by atoms with Crippen LogP contribution in [0.2, 0.25) is 0 Å². The Morgan fingerprint density at radius 2 is 1.94 bits per heavy atom. The average Bonchev–Trinajstić information content (AvgIpc) is 2.18. The summed E-state index contributed by atoms with van der Waals surface area (Å²) in [5.41, 5.74) is 0.626. The van der Waals surface area contributed by atoms with Gasteiger partial charge in [-0.05, 0) is 12.5 Å². The van der Waals surface area contributed by atoms with Crippen LogP contribution in [0.5, 0.6) is 5.75 Å². The van der Waals surface area contributed by atoms with Gasteiger partial charge in [0.15, 0.2) is 5.78 Å². The maximum atomic E-state index is 11.6. The third-order valence-electron chi connectivity index (χ3n) is 2.72. The predicted molar refractivity (Wildman–Crippen MR) is 56.1 cm³/mol. The molecule has 1 aliphatic rings. The number of Topliss-reactive ketones (excluding diaryl/α,β-unsaturated/α-hetero) is 1. The number of phenolic OH excluding ortho intramolecular Hbond substituents is 1. The Morgan fingerprint density at radius 1 is 1.25 bits per heavy atom. The molecule has 1 aliphatic carbocycles. The van der Waals surface area contributed by atoms with E-state index in [2.05, 4.69) is 0 Å². The number of phenols is 1. The van der Waals surface area contributed by atoms with E-state index in [9.17, 15) is 18.3 Å². The molecule has 0 heterocycles. The van der Waals surface area contributed by atoms with Crippen LogP contribution in [0, 0.1) is 0 Å². The SMILES string of the molecule is O=C1CC(S(=O)(=O)O)Cc2c(O)cccc21. The van der Waals surface area contributed by atoms with Crippen LogP contribution in [0.3, 0.4) is 0 Å². The molecule has 6 heteroatoms. The quantitative estimate of drug-likeness (QED) is 0.710. The third-order valence-corrected chi connectivity index (χ3v) is 3.89. The smallest absolute Gasteiger partial charge is 0.268 e. The van der Waals surface area contributed by atoms with E-state index in [1.54, 1.807) is 0 Å². The van der Waals surface area contributed by atoms with E-state index in [4.69, 9.17) is 4.55 Å². The van der Waals surface area contributed by atoms with Crippen molar-refractivity contribution < 1.29 is 22.9 Å². The lowest BCUT2D eigenvalue weighted by atomic mass is 9.90. The predicted octanol–water partition coefficient (Wildman–Crippen LogP) is 0.777. The van der Waals surface area contributed by atoms with Gasteiger partial charge in [-0.2, -0.15) is 8.42 Å². The second-order valence-electron chi connectivity index (χ2n) is 3.77. The van der Waals surface area contributed by atoms with Crippen molar-refractivity contribution in [2.24, 2.45) is 0 Å². The Kier molecular flexibility index (Phi) is 2.47. The molecule has 0 fully saturated rings. The molecule has 1 aromatic carbocycles. The first-order valence-electron chi connectivity index (χ1n) is 4.70. The molecule has 2 N–H and O–H groups in total. The lowest BCUT2D eigenvalue weighted by Gasteiger charge is -2.21. The van der Waals surface area contributed by atoms with E-state index in [-0.39, 0.29) is 24.4 Å². The first-order chi connectivity index (χ1) is 7.39. The van der Waals surface area contributed by atoms with Gasteiger partial charge in [-0.15, -0.1) is 0 Å². The normalized spacial score (nSPS) is 20.6. The molecule has 1 atom stereocenters. The highest BCUT2D eigenvalue weighted by molar-refractivity contribution is 7.86. The summed E-state index contributed by atoms with van der Waals surface area (Å²) in [5.74, 6) is -0.487. The average molecular weight is 242 g/mol. The third kappa shape index (κ3) is 1.81. The summed E-state index contributed by atoms with van der Waals surface area (Å²) in [6, 6.07) is 4.45. The zero-order chi connectivity index (χ0) is 11.9. The maximum absolute atomic E-state index is 11.6. The molecule has 0 saturated carbocycles. The largest absolute Gasteiger partial charge is 0.508 e. The van der Waals surface area contributed by atoms with Gasteiger partial charge < -0.3 is 5.11 Å². The molecule has 0 aromatic heterocycles.